The summed E-state index contributed by atoms with van der Waals surface area (Å²) in [6, 6.07) is 14.9. The van der Waals surface area contributed by atoms with Crippen LogP contribution in [-0.2, 0) is 32.4 Å². The zero-order valence-electron chi connectivity index (χ0n) is 32.0. The van der Waals surface area contributed by atoms with E-state index < -0.39 is 24.1 Å². The zero-order valence-corrected chi connectivity index (χ0v) is 32.0. The lowest BCUT2D eigenvalue weighted by Gasteiger charge is -2.17. The van der Waals surface area contributed by atoms with E-state index in [1.807, 2.05) is 50.2 Å². The number of pyridine rings is 2. The molecule has 56 heavy (non-hydrogen) atoms. The standard InChI is InChI=1S/C42H48N6O8/c1-23(49)15-39(51)55-45-21-29-19-43-37(17-33(29)27-11-12-27)41(53)47-35-9-5-7-31(25(35)3)32-8-6-10-36(26(32)4)48-42(54)38-18-34(28-13-14-28)30(20-44-38)22-46-56-40(52)16-24(2)50/h5-10,17-20,23-24,27-28,45-46,49-50H,11-16,21-22H2,1-4H3,(H,47,53)(H,48,54)/t23-,24?/m0/s1. The van der Waals surface area contributed by atoms with E-state index in [9.17, 15) is 29.4 Å². The van der Waals surface area contributed by atoms with Crippen molar-refractivity contribution >= 4 is 35.1 Å². The maximum atomic E-state index is 13.5. The highest BCUT2D eigenvalue weighted by Gasteiger charge is 2.29. The van der Waals surface area contributed by atoms with Crippen molar-refractivity contribution in [2.75, 3.05) is 10.6 Å². The maximum absolute atomic E-state index is 13.5. The summed E-state index contributed by atoms with van der Waals surface area (Å²) < 4.78 is 0. The molecule has 14 heteroatoms. The number of carbonyl (C=O) groups is 4. The number of carbonyl (C=O) groups excluding carboxylic acids is 4. The summed E-state index contributed by atoms with van der Waals surface area (Å²) in [5.41, 5.74) is 14.1. The number of aromatic nitrogens is 2. The van der Waals surface area contributed by atoms with Crippen LogP contribution >= 0.6 is 0 Å². The molecule has 0 saturated heterocycles. The van der Waals surface area contributed by atoms with Crippen molar-refractivity contribution in [2.24, 2.45) is 0 Å². The Kier molecular flexibility index (Phi) is 12.9. The second-order valence-electron chi connectivity index (χ2n) is 14.6. The predicted octanol–water partition coefficient (Wildman–Crippen LogP) is 5.66. The van der Waals surface area contributed by atoms with Gasteiger partial charge in [-0.05, 0) is 134 Å². The molecule has 2 aromatic heterocycles. The Labute approximate surface area is 325 Å². The molecule has 2 aromatic carbocycles. The molecule has 2 aliphatic carbocycles. The van der Waals surface area contributed by atoms with Gasteiger partial charge in [0.2, 0.25) is 0 Å². The molecule has 2 heterocycles. The molecular weight excluding hydrogens is 716 g/mol. The Morgan fingerprint density at radius 1 is 0.679 bits per heavy atom. The Morgan fingerprint density at radius 2 is 1.07 bits per heavy atom. The molecule has 1 unspecified atom stereocenters. The first kappa shape index (κ1) is 40.1. The van der Waals surface area contributed by atoms with Crippen LogP contribution in [-0.4, -0.2) is 56.1 Å². The lowest BCUT2D eigenvalue weighted by atomic mass is 9.94. The first-order chi connectivity index (χ1) is 26.9. The Balaban J connectivity index is 1.13. The molecule has 0 radical (unpaired) electrons. The highest BCUT2D eigenvalue weighted by Crippen LogP contribution is 2.43. The van der Waals surface area contributed by atoms with E-state index in [-0.39, 0.29) is 49.1 Å². The lowest BCUT2D eigenvalue weighted by molar-refractivity contribution is -0.154. The summed E-state index contributed by atoms with van der Waals surface area (Å²) in [5.74, 6) is -1.24. The van der Waals surface area contributed by atoms with Gasteiger partial charge in [-0.3, -0.25) is 29.1 Å². The van der Waals surface area contributed by atoms with Gasteiger partial charge in [-0.15, -0.1) is 11.0 Å². The second kappa shape index (κ2) is 17.9. The van der Waals surface area contributed by atoms with E-state index in [1.54, 1.807) is 24.5 Å². The molecule has 14 nitrogen and oxygen atoms in total. The minimum absolute atomic E-state index is 0.119. The molecular formula is C42H48N6O8. The van der Waals surface area contributed by atoms with Gasteiger partial charge < -0.3 is 30.5 Å². The molecule has 2 aliphatic rings. The van der Waals surface area contributed by atoms with Crippen LogP contribution in [0.25, 0.3) is 11.1 Å². The van der Waals surface area contributed by atoms with Crippen molar-refractivity contribution in [3.8, 4) is 11.1 Å². The van der Waals surface area contributed by atoms with E-state index in [0.29, 0.717) is 23.2 Å². The minimum atomic E-state index is -0.800. The molecule has 294 valence electrons. The Hall–Kier alpha value is -5.54. The van der Waals surface area contributed by atoms with Crippen LogP contribution in [0.3, 0.4) is 0 Å². The molecule has 0 aliphatic heterocycles. The molecule has 4 aromatic rings. The third-order valence-electron chi connectivity index (χ3n) is 9.82. The highest BCUT2D eigenvalue weighted by atomic mass is 16.7. The fourth-order valence-electron chi connectivity index (χ4n) is 6.54. The molecule has 2 saturated carbocycles. The summed E-state index contributed by atoms with van der Waals surface area (Å²) >= 11 is 0. The number of aliphatic hydroxyl groups is 2. The van der Waals surface area contributed by atoms with Gasteiger partial charge in [-0.2, -0.15) is 0 Å². The normalized spacial score (nSPS) is 14.8. The van der Waals surface area contributed by atoms with Crippen LogP contribution in [0.5, 0.6) is 0 Å². The number of benzene rings is 2. The fourth-order valence-corrected chi connectivity index (χ4v) is 6.54. The van der Waals surface area contributed by atoms with Crippen LogP contribution in [0.1, 0.15) is 119 Å². The van der Waals surface area contributed by atoms with Crippen LogP contribution in [0, 0.1) is 13.8 Å². The third kappa shape index (κ3) is 10.4. The quantitative estimate of drug-likeness (QED) is 0.0723. The monoisotopic (exact) mass is 764 g/mol. The fraction of sp³-hybridized carbons (Fsp3) is 0.381. The van der Waals surface area contributed by atoms with Crippen LogP contribution in [0.4, 0.5) is 11.4 Å². The second-order valence-corrected chi connectivity index (χ2v) is 14.6. The number of amides is 2. The maximum Gasteiger partial charge on any atom is 0.327 e. The largest absolute Gasteiger partial charge is 0.393 e. The number of aliphatic hydroxyl groups excluding tert-OH is 2. The van der Waals surface area contributed by atoms with Crippen molar-refractivity contribution in [3.63, 3.8) is 0 Å². The number of anilines is 2. The molecule has 0 bridgehead atoms. The molecule has 2 atom stereocenters. The van der Waals surface area contributed by atoms with Gasteiger partial charge in [0, 0.05) is 23.8 Å². The molecule has 6 N–H and O–H groups in total. The SMILES string of the molecule is Cc1c(NC(=O)c2cc(C3CC3)c(CNOC(=O)CC(C)O)cn2)cccc1-c1cccc(NC(=O)c2cc(C3CC3)c(CNOC(=O)C[C@H](C)O)cn2)c1C. The summed E-state index contributed by atoms with van der Waals surface area (Å²) in [4.78, 5) is 69.6. The smallest absolute Gasteiger partial charge is 0.327 e. The van der Waals surface area contributed by atoms with Gasteiger partial charge >= 0.3 is 11.9 Å². The summed E-state index contributed by atoms with van der Waals surface area (Å²) in [7, 11) is 0. The van der Waals surface area contributed by atoms with Crippen LogP contribution < -0.4 is 21.6 Å². The first-order valence-electron chi connectivity index (χ1n) is 18.9. The van der Waals surface area contributed by atoms with E-state index in [0.717, 1.165) is 70.2 Å². The van der Waals surface area contributed by atoms with E-state index in [4.69, 9.17) is 9.68 Å². The van der Waals surface area contributed by atoms with Gasteiger partial charge in [0.05, 0.1) is 38.1 Å². The van der Waals surface area contributed by atoms with Crippen molar-refractivity contribution in [3.05, 3.63) is 106 Å². The number of hydroxylamine groups is 2. The number of nitrogens with zero attached hydrogens (tertiary/aromatic N) is 2. The summed E-state index contributed by atoms with van der Waals surface area (Å²) in [5, 5.41) is 24.8. The zero-order chi connectivity index (χ0) is 39.9. The lowest BCUT2D eigenvalue weighted by Crippen LogP contribution is -2.23. The van der Waals surface area contributed by atoms with Gasteiger partial charge in [-0.25, -0.2) is 0 Å². The van der Waals surface area contributed by atoms with Crippen molar-refractivity contribution in [1.82, 2.24) is 20.9 Å². The first-order valence-corrected chi connectivity index (χ1v) is 18.9. The molecule has 2 amide bonds. The molecule has 0 spiro atoms. The van der Waals surface area contributed by atoms with E-state index >= 15 is 0 Å². The third-order valence-corrected chi connectivity index (χ3v) is 9.82. The average Bonchev–Trinajstić information content (AvgIpc) is 4.08. The number of hydrogen-bond acceptors (Lipinski definition) is 12. The van der Waals surface area contributed by atoms with Gasteiger partial charge in [0.1, 0.15) is 11.4 Å². The number of hydrogen-bond donors (Lipinski definition) is 6. The van der Waals surface area contributed by atoms with Crippen LogP contribution in [0.15, 0.2) is 60.9 Å². The minimum Gasteiger partial charge on any atom is -0.393 e. The van der Waals surface area contributed by atoms with Crippen molar-refractivity contribution < 1.29 is 39.1 Å². The van der Waals surface area contributed by atoms with Crippen molar-refractivity contribution in [1.29, 1.82) is 0 Å². The molecule has 6 rings (SSSR count). The Bertz CT molecular complexity index is 1960. The van der Waals surface area contributed by atoms with E-state index in [2.05, 4.69) is 31.6 Å². The molecule has 2 fully saturated rings. The topological polar surface area (TPSA) is 201 Å². The highest BCUT2D eigenvalue weighted by molar-refractivity contribution is 6.05. The number of nitrogens with one attached hydrogen (secondary N) is 4. The predicted molar refractivity (Wildman–Crippen MR) is 208 cm³/mol. The van der Waals surface area contributed by atoms with Gasteiger partial charge in [0.15, 0.2) is 0 Å². The average molecular weight is 765 g/mol. The summed E-state index contributed by atoms with van der Waals surface area (Å²) in [6.45, 7) is 7.33. The van der Waals surface area contributed by atoms with Gasteiger partial charge in [0.25, 0.3) is 11.8 Å². The Morgan fingerprint density at radius 3 is 1.43 bits per heavy atom. The van der Waals surface area contributed by atoms with Crippen molar-refractivity contribution in [2.45, 2.75) is 103 Å². The van der Waals surface area contributed by atoms with E-state index in [1.165, 1.54) is 13.8 Å². The van der Waals surface area contributed by atoms with Gasteiger partial charge in [-0.1, -0.05) is 24.3 Å². The summed E-state index contributed by atoms with van der Waals surface area (Å²) in [6.07, 6.45) is 5.39. The van der Waals surface area contributed by atoms with Crippen LogP contribution in [0.2, 0.25) is 0 Å². The number of rotatable bonds is 17.